The Balaban J connectivity index is 2.01. The summed E-state index contributed by atoms with van der Waals surface area (Å²) in [5.41, 5.74) is 5.04. The van der Waals surface area contributed by atoms with Crippen molar-refractivity contribution in [2.45, 2.75) is 39.7 Å². The van der Waals surface area contributed by atoms with Gasteiger partial charge >= 0.3 is 0 Å². The van der Waals surface area contributed by atoms with Gasteiger partial charge in [-0.25, -0.2) is 4.98 Å². The summed E-state index contributed by atoms with van der Waals surface area (Å²) < 4.78 is 0. The van der Waals surface area contributed by atoms with Crippen molar-refractivity contribution >= 4 is 17.3 Å². The van der Waals surface area contributed by atoms with Crippen LogP contribution in [0.15, 0.2) is 36.5 Å². The van der Waals surface area contributed by atoms with Crippen LogP contribution < -0.4 is 5.32 Å². The Hall–Kier alpha value is -1.54. The van der Waals surface area contributed by atoms with E-state index in [4.69, 9.17) is 11.6 Å². The first-order valence-electron chi connectivity index (χ1n) is 7.44. The molecule has 1 aliphatic rings. The van der Waals surface area contributed by atoms with E-state index in [2.05, 4.69) is 54.5 Å². The van der Waals surface area contributed by atoms with Gasteiger partial charge in [-0.15, -0.1) is 0 Å². The summed E-state index contributed by atoms with van der Waals surface area (Å²) in [6, 6.07) is 11.0. The number of hydrogen-bond acceptors (Lipinski definition) is 2. The topological polar surface area (TPSA) is 24.9 Å². The highest BCUT2D eigenvalue weighted by Gasteiger charge is 2.36. The maximum atomic E-state index is 6.26. The molecule has 0 saturated carbocycles. The van der Waals surface area contributed by atoms with Crippen LogP contribution in [0.5, 0.6) is 0 Å². The highest BCUT2D eigenvalue weighted by Crippen LogP contribution is 2.45. The Kier molecular flexibility index (Phi) is 3.66. The third-order valence-corrected chi connectivity index (χ3v) is 4.76. The van der Waals surface area contributed by atoms with Gasteiger partial charge in [0, 0.05) is 6.20 Å². The van der Waals surface area contributed by atoms with Gasteiger partial charge in [-0.2, -0.15) is 0 Å². The first-order valence-corrected chi connectivity index (χ1v) is 7.82. The Morgan fingerprint density at radius 2 is 2.05 bits per heavy atom. The van der Waals surface area contributed by atoms with Crippen molar-refractivity contribution in [3.8, 4) is 0 Å². The number of fused-ring (bicyclic) bond motifs is 1. The average Bonchev–Trinajstić information content (AvgIpc) is 2.46. The van der Waals surface area contributed by atoms with E-state index in [0.29, 0.717) is 5.15 Å². The fourth-order valence-corrected chi connectivity index (χ4v) is 3.31. The summed E-state index contributed by atoms with van der Waals surface area (Å²) in [7, 11) is 0. The Morgan fingerprint density at radius 3 is 2.86 bits per heavy atom. The quantitative estimate of drug-likeness (QED) is 0.774. The van der Waals surface area contributed by atoms with Gasteiger partial charge in [0.1, 0.15) is 0 Å². The number of nitrogens with zero attached hydrogens (tertiary/aromatic N) is 1. The lowest BCUT2D eigenvalue weighted by Crippen LogP contribution is -2.33. The predicted molar refractivity (Wildman–Crippen MR) is 88.9 cm³/mol. The van der Waals surface area contributed by atoms with E-state index in [1.807, 2.05) is 6.92 Å². The van der Waals surface area contributed by atoms with Crippen LogP contribution >= 0.6 is 11.6 Å². The lowest BCUT2D eigenvalue weighted by atomic mass is 9.70. The minimum absolute atomic E-state index is 0.182. The molecule has 1 aromatic carbocycles. The second-order valence-corrected chi connectivity index (χ2v) is 6.97. The zero-order valence-electron chi connectivity index (χ0n) is 12.8. The van der Waals surface area contributed by atoms with Crippen LogP contribution in [0.4, 0.5) is 5.69 Å². The fourth-order valence-electron chi connectivity index (χ4n) is 3.15. The van der Waals surface area contributed by atoms with Crippen LogP contribution in [0, 0.1) is 12.3 Å². The van der Waals surface area contributed by atoms with Gasteiger partial charge < -0.3 is 5.32 Å². The molecule has 1 N–H and O–H groups in total. The van der Waals surface area contributed by atoms with Gasteiger partial charge in [0.2, 0.25) is 0 Å². The average molecular weight is 301 g/mol. The van der Waals surface area contributed by atoms with E-state index in [1.165, 1.54) is 17.5 Å². The number of halogens is 1. The fraction of sp³-hybridized carbons (Fsp3) is 0.389. The van der Waals surface area contributed by atoms with Crippen molar-refractivity contribution in [1.29, 1.82) is 0 Å². The van der Waals surface area contributed by atoms with Crippen LogP contribution in [0.3, 0.4) is 0 Å². The molecule has 110 valence electrons. The molecule has 0 bridgehead atoms. The first-order chi connectivity index (χ1) is 9.97. The largest absolute Gasteiger partial charge is 0.375 e. The number of pyridine rings is 1. The maximum Gasteiger partial charge on any atom is 0.152 e. The van der Waals surface area contributed by atoms with Crippen molar-refractivity contribution in [3.05, 3.63) is 58.4 Å². The highest BCUT2D eigenvalue weighted by molar-refractivity contribution is 6.32. The number of benzene rings is 1. The number of rotatable bonds is 2. The van der Waals surface area contributed by atoms with Crippen molar-refractivity contribution < 1.29 is 0 Å². The molecule has 2 nitrogen and oxygen atoms in total. The number of aryl methyl sites for hydroxylation is 2. The molecule has 1 atom stereocenters. The molecule has 0 aliphatic heterocycles. The molecule has 3 rings (SSSR count). The molecule has 1 heterocycles. The maximum absolute atomic E-state index is 6.26. The molecule has 0 spiro atoms. The first kappa shape index (κ1) is 14.4. The van der Waals surface area contributed by atoms with Gasteiger partial charge in [-0.1, -0.05) is 49.7 Å². The molecular weight excluding hydrogens is 280 g/mol. The van der Waals surface area contributed by atoms with Crippen LogP contribution in [0.2, 0.25) is 5.15 Å². The van der Waals surface area contributed by atoms with E-state index in [0.717, 1.165) is 17.7 Å². The molecule has 21 heavy (non-hydrogen) atoms. The third kappa shape index (κ3) is 2.77. The van der Waals surface area contributed by atoms with Crippen LogP contribution in [-0.4, -0.2) is 4.98 Å². The molecule has 1 unspecified atom stereocenters. The normalized spacial score (nSPS) is 19.9. The van der Waals surface area contributed by atoms with E-state index in [-0.39, 0.29) is 11.5 Å². The number of anilines is 1. The smallest absolute Gasteiger partial charge is 0.152 e. The van der Waals surface area contributed by atoms with Gasteiger partial charge in [0.15, 0.2) is 5.15 Å². The van der Waals surface area contributed by atoms with Crippen molar-refractivity contribution in [2.75, 3.05) is 5.32 Å². The van der Waals surface area contributed by atoms with E-state index >= 15 is 0 Å². The Labute approximate surface area is 131 Å². The van der Waals surface area contributed by atoms with Crippen molar-refractivity contribution in [3.63, 3.8) is 0 Å². The Morgan fingerprint density at radius 1 is 1.29 bits per heavy atom. The minimum atomic E-state index is 0.182. The van der Waals surface area contributed by atoms with Crippen LogP contribution in [0.1, 0.15) is 43.0 Å². The summed E-state index contributed by atoms with van der Waals surface area (Å²) in [6.45, 7) is 6.67. The van der Waals surface area contributed by atoms with Crippen molar-refractivity contribution in [1.82, 2.24) is 4.98 Å². The molecular formula is C18H21ClN2. The van der Waals surface area contributed by atoms with E-state index < -0.39 is 0 Å². The second-order valence-electron chi connectivity index (χ2n) is 6.62. The standard InChI is InChI=1S/C18H21ClN2/c1-12-10-15(17(19)20-11-12)21-16-14-7-5-4-6-13(14)8-9-18(16,2)3/h4-7,10-11,16,21H,8-9H2,1-3H3. The number of hydrogen-bond donors (Lipinski definition) is 1. The SMILES string of the molecule is Cc1cnc(Cl)c(NC2c3ccccc3CCC2(C)C)c1. The number of aromatic nitrogens is 1. The van der Waals surface area contributed by atoms with E-state index in [1.54, 1.807) is 6.20 Å². The van der Waals surface area contributed by atoms with Crippen LogP contribution in [0.25, 0.3) is 0 Å². The lowest BCUT2D eigenvalue weighted by molar-refractivity contribution is 0.265. The minimum Gasteiger partial charge on any atom is -0.375 e. The lowest BCUT2D eigenvalue weighted by Gasteiger charge is -2.41. The molecule has 2 aromatic rings. The van der Waals surface area contributed by atoms with E-state index in [9.17, 15) is 0 Å². The summed E-state index contributed by atoms with van der Waals surface area (Å²) >= 11 is 6.26. The second kappa shape index (κ2) is 5.34. The van der Waals surface area contributed by atoms with Crippen LogP contribution in [-0.2, 0) is 6.42 Å². The molecule has 3 heteroatoms. The Bertz CT molecular complexity index is 664. The van der Waals surface area contributed by atoms with Gasteiger partial charge in [-0.05, 0) is 47.9 Å². The summed E-state index contributed by atoms with van der Waals surface area (Å²) in [5, 5.41) is 4.18. The van der Waals surface area contributed by atoms with Crippen molar-refractivity contribution in [2.24, 2.45) is 5.41 Å². The summed E-state index contributed by atoms with van der Waals surface area (Å²) in [5.74, 6) is 0. The molecule has 0 amide bonds. The summed E-state index contributed by atoms with van der Waals surface area (Å²) in [6.07, 6.45) is 4.10. The zero-order valence-corrected chi connectivity index (χ0v) is 13.5. The third-order valence-electron chi connectivity index (χ3n) is 4.46. The molecule has 0 radical (unpaired) electrons. The molecule has 0 saturated heterocycles. The number of nitrogens with one attached hydrogen (secondary N) is 1. The zero-order chi connectivity index (χ0) is 15.0. The van der Waals surface area contributed by atoms with Gasteiger partial charge in [0.25, 0.3) is 0 Å². The van der Waals surface area contributed by atoms with Gasteiger partial charge in [0.05, 0.1) is 11.7 Å². The van der Waals surface area contributed by atoms with Gasteiger partial charge in [-0.3, -0.25) is 0 Å². The predicted octanol–water partition coefficient (Wildman–Crippen LogP) is 5.17. The molecule has 1 aromatic heterocycles. The molecule has 1 aliphatic carbocycles. The summed E-state index contributed by atoms with van der Waals surface area (Å²) in [4.78, 5) is 4.25. The monoisotopic (exact) mass is 300 g/mol. The highest BCUT2D eigenvalue weighted by atomic mass is 35.5. The molecule has 0 fully saturated rings.